The number of aliphatic hydroxyl groups is 1. The number of aryl methyl sites for hydroxylation is 1. The van der Waals surface area contributed by atoms with E-state index in [9.17, 15) is 22.7 Å². The van der Waals surface area contributed by atoms with Crippen LogP contribution >= 0.6 is 11.3 Å². The summed E-state index contributed by atoms with van der Waals surface area (Å²) in [6, 6.07) is 9.92. The molecule has 0 aliphatic rings. The Balaban J connectivity index is 1.52. The molecule has 1 unspecified atom stereocenters. The highest BCUT2D eigenvalue weighted by Gasteiger charge is 2.40. The molecule has 5 aromatic rings. The van der Waals surface area contributed by atoms with E-state index in [1.807, 2.05) is 19.1 Å². The van der Waals surface area contributed by atoms with Crippen molar-refractivity contribution in [2.45, 2.75) is 25.7 Å². The zero-order valence-electron chi connectivity index (χ0n) is 19.4. The molecule has 0 aliphatic carbocycles. The standard InChI is InChI=1S/C25H20F4N6OS/c1-14-13-31-24(30-7-9-35-10-8-32-34-35)33-21(14)20-11-15-3-2-4-17(22(15)37-20)19-12-16(26)5-6-18(19)23(36)25(27,28)29/h2-6,8,10-13,23,36H,7,9H2,1H3,(H,30,31,33). The number of anilines is 1. The first kappa shape index (κ1) is 24.8. The van der Waals surface area contributed by atoms with E-state index in [1.54, 1.807) is 35.4 Å². The molecule has 0 saturated heterocycles. The smallest absolute Gasteiger partial charge is 0.379 e. The topological polar surface area (TPSA) is 88.8 Å². The van der Waals surface area contributed by atoms with Crippen molar-refractivity contribution in [3.8, 4) is 21.7 Å². The molecule has 3 aromatic heterocycles. The summed E-state index contributed by atoms with van der Waals surface area (Å²) < 4.78 is 56.5. The molecule has 0 amide bonds. The maximum absolute atomic E-state index is 14.2. The zero-order valence-corrected chi connectivity index (χ0v) is 20.2. The molecule has 0 fully saturated rings. The second kappa shape index (κ2) is 9.87. The van der Waals surface area contributed by atoms with Gasteiger partial charge in [-0.2, -0.15) is 13.2 Å². The third-order valence-corrected chi connectivity index (χ3v) is 6.95. The summed E-state index contributed by atoms with van der Waals surface area (Å²) in [5.74, 6) is -0.283. The molecule has 37 heavy (non-hydrogen) atoms. The van der Waals surface area contributed by atoms with Gasteiger partial charge in [0.25, 0.3) is 0 Å². The van der Waals surface area contributed by atoms with Crippen molar-refractivity contribution >= 4 is 27.4 Å². The van der Waals surface area contributed by atoms with Gasteiger partial charge < -0.3 is 10.4 Å². The molecule has 2 aromatic carbocycles. The summed E-state index contributed by atoms with van der Waals surface area (Å²) in [4.78, 5) is 9.75. The van der Waals surface area contributed by atoms with E-state index in [-0.39, 0.29) is 5.56 Å². The van der Waals surface area contributed by atoms with E-state index in [2.05, 4.69) is 25.6 Å². The number of thiophene rings is 1. The normalized spacial score (nSPS) is 12.7. The molecule has 5 rings (SSSR count). The number of rotatable bonds is 7. The van der Waals surface area contributed by atoms with Crippen LogP contribution < -0.4 is 5.32 Å². The van der Waals surface area contributed by atoms with E-state index in [1.165, 1.54) is 11.3 Å². The summed E-state index contributed by atoms with van der Waals surface area (Å²) in [6.07, 6.45) is -2.61. The fourth-order valence-electron chi connectivity index (χ4n) is 3.98. The van der Waals surface area contributed by atoms with Crippen molar-refractivity contribution in [1.29, 1.82) is 0 Å². The second-order valence-corrected chi connectivity index (χ2v) is 9.38. The van der Waals surface area contributed by atoms with Crippen LogP contribution in [0.4, 0.5) is 23.5 Å². The van der Waals surface area contributed by atoms with Crippen LogP contribution in [0.2, 0.25) is 0 Å². The van der Waals surface area contributed by atoms with Gasteiger partial charge in [-0.15, -0.1) is 16.4 Å². The average molecular weight is 529 g/mol. The van der Waals surface area contributed by atoms with Crippen LogP contribution in [0.5, 0.6) is 0 Å². The fraction of sp³-hybridized carbons (Fsp3) is 0.200. The predicted molar refractivity (Wildman–Crippen MR) is 133 cm³/mol. The highest BCUT2D eigenvalue weighted by Crippen LogP contribution is 2.43. The number of aliphatic hydroxyl groups excluding tert-OH is 1. The van der Waals surface area contributed by atoms with E-state index in [0.29, 0.717) is 35.0 Å². The number of benzene rings is 2. The first-order chi connectivity index (χ1) is 17.7. The minimum Gasteiger partial charge on any atom is -0.379 e. The van der Waals surface area contributed by atoms with E-state index >= 15 is 0 Å². The number of nitrogens with one attached hydrogen (secondary N) is 1. The molecule has 0 spiro atoms. The first-order valence-electron chi connectivity index (χ1n) is 11.2. The van der Waals surface area contributed by atoms with Crippen LogP contribution in [0.15, 0.2) is 61.1 Å². The Morgan fingerprint density at radius 2 is 1.97 bits per heavy atom. The highest BCUT2D eigenvalue weighted by molar-refractivity contribution is 7.22. The van der Waals surface area contributed by atoms with Gasteiger partial charge in [-0.3, -0.25) is 4.68 Å². The van der Waals surface area contributed by atoms with Crippen molar-refractivity contribution in [3.05, 3.63) is 78.0 Å². The molecule has 7 nitrogen and oxygen atoms in total. The number of halogens is 4. The van der Waals surface area contributed by atoms with Crippen LogP contribution in [-0.4, -0.2) is 42.8 Å². The number of hydrogen-bond donors (Lipinski definition) is 2. The van der Waals surface area contributed by atoms with Crippen molar-refractivity contribution in [3.63, 3.8) is 0 Å². The summed E-state index contributed by atoms with van der Waals surface area (Å²) in [7, 11) is 0. The number of hydrogen-bond acceptors (Lipinski definition) is 7. The summed E-state index contributed by atoms with van der Waals surface area (Å²) in [5, 5.41) is 21.5. The molecule has 0 aliphatic heterocycles. The quantitative estimate of drug-likeness (QED) is 0.261. The minimum atomic E-state index is -4.89. The van der Waals surface area contributed by atoms with Gasteiger partial charge in [0.05, 0.1) is 23.3 Å². The van der Waals surface area contributed by atoms with Crippen LogP contribution in [-0.2, 0) is 6.54 Å². The maximum Gasteiger partial charge on any atom is 0.418 e. The van der Waals surface area contributed by atoms with E-state index in [0.717, 1.165) is 34.0 Å². The van der Waals surface area contributed by atoms with Crippen molar-refractivity contribution in [2.24, 2.45) is 0 Å². The number of alkyl halides is 3. The number of aromatic nitrogens is 5. The van der Waals surface area contributed by atoms with Gasteiger partial charge >= 0.3 is 6.18 Å². The number of nitrogens with zero attached hydrogens (tertiary/aromatic N) is 5. The summed E-state index contributed by atoms with van der Waals surface area (Å²) in [5.41, 5.74) is 1.45. The Labute approximate surface area is 212 Å². The average Bonchev–Trinajstić information content (AvgIpc) is 3.54. The first-order valence-corrected chi connectivity index (χ1v) is 12.0. The molecular formula is C25H20F4N6OS. The summed E-state index contributed by atoms with van der Waals surface area (Å²) >= 11 is 1.32. The van der Waals surface area contributed by atoms with E-state index < -0.39 is 23.7 Å². The van der Waals surface area contributed by atoms with Crippen LogP contribution in [0.3, 0.4) is 0 Å². The third-order valence-electron chi connectivity index (χ3n) is 5.76. The summed E-state index contributed by atoms with van der Waals surface area (Å²) in [6.45, 7) is 2.95. The molecule has 1 atom stereocenters. The molecule has 2 N–H and O–H groups in total. The van der Waals surface area contributed by atoms with Crippen LogP contribution in [0, 0.1) is 12.7 Å². The van der Waals surface area contributed by atoms with Crippen molar-refractivity contribution in [1.82, 2.24) is 25.0 Å². The van der Waals surface area contributed by atoms with Crippen molar-refractivity contribution < 1.29 is 22.7 Å². The SMILES string of the molecule is Cc1cnc(NCCn2ccnn2)nc1-c1cc2cccc(-c3cc(F)ccc3C(O)C(F)(F)F)c2s1. The van der Waals surface area contributed by atoms with Gasteiger partial charge in [0.15, 0.2) is 6.10 Å². The molecule has 0 saturated carbocycles. The monoisotopic (exact) mass is 528 g/mol. The third kappa shape index (κ3) is 5.16. The van der Waals surface area contributed by atoms with Gasteiger partial charge in [0, 0.05) is 23.6 Å². The second-order valence-electron chi connectivity index (χ2n) is 8.33. The van der Waals surface area contributed by atoms with Gasteiger partial charge in [0.2, 0.25) is 5.95 Å². The Hall–Kier alpha value is -3.90. The molecule has 3 heterocycles. The molecule has 12 heteroatoms. The zero-order chi connectivity index (χ0) is 26.2. The lowest BCUT2D eigenvalue weighted by atomic mass is 9.95. The van der Waals surface area contributed by atoms with Crippen molar-refractivity contribution in [2.75, 3.05) is 11.9 Å². The Bertz CT molecular complexity index is 1550. The molecule has 0 bridgehead atoms. The molecule has 190 valence electrons. The molecule has 0 radical (unpaired) electrons. The lowest BCUT2D eigenvalue weighted by molar-refractivity contribution is -0.206. The van der Waals surface area contributed by atoms with E-state index in [4.69, 9.17) is 0 Å². The van der Waals surface area contributed by atoms with Gasteiger partial charge in [0.1, 0.15) is 5.82 Å². The lowest BCUT2D eigenvalue weighted by Crippen LogP contribution is -2.21. The van der Waals surface area contributed by atoms with Gasteiger partial charge in [-0.05, 0) is 52.8 Å². The predicted octanol–water partition coefficient (Wildman–Crippen LogP) is 5.77. The Morgan fingerprint density at radius 1 is 1.14 bits per heavy atom. The largest absolute Gasteiger partial charge is 0.418 e. The Morgan fingerprint density at radius 3 is 2.73 bits per heavy atom. The van der Waals surface area contributed by atoms with Crippen LogP contribution in [0.25, 0.3) is 31.8 Å². The maximum atomic E-state index is 14.2. The van der Waals surface area contributed by atoms with Crippen LogP contribution in [0.1, 0.15) is 17.2 Å². The fourth-order valence-corrected chi connectivity index (χ4v) is 5.22. The van der Waals surface area contributed by atoms with Gasteiger partial charge in [-0.1, -0.05) is 29.5 Å². The molecular weight excluding hydrogens is 508 g/mol. The highest BCUT2D eigenvalue weighted by atomic mass is 32.1. The lowest BCUT2D eigenvalue weighted by Gasteiger charge is -2.19. The number of fused-ring (bicyclic) bond motifs is 1. The minimum absolute atomic E-state index is 0.0151. The van der Waals surface area contributed by atoms with Gasteiger partial charge in [-0.25, -0.2) is 14.4 Å². The Kier molecular flexibility index (Phi) is 6.61.